The van der Waals surface area contributed by atoms with Crippen molar-refractivity contribution in [1.29, 1.82) is 0 Å². The number of nitrogens with zero attached hydrogens (tertiary/aromatic N) is 2. The van der Waals surface area contributed by atoms with Crippen molar-refractivity contribution in [3.8, 4) is 10.4 Å². The van der Waals surface area contributed by atoms with E-state index in [1.54, 1.807) is 23.5 Å². The van der Waals surface area contributed by atoms with Crippen LogP contribution < -0.4 is 5.32 Å². The van der Waals surface area contributed by atoms with E-state index in [1.807, 2.05) is 0 Å². The summed E-state index contributed by atoms with van der Waals surface area (Å²) in [5.41, 5.74) is 3.17. The minimum Gasteiger partial charge on any atom is -0.349 e. The van der Waals surface area contributed by atoms with E-state index >= 15 is 0 Å². The van der Waals surface area contributed by atoms with Crippen LogP contribution in [-0.2, 0) is 6.54 Å². The van der Waals surface area contributed by atoms with E-state index in [-0.39, 0.29) is 11.9 Å². The molecule has 0 aliphatic carbocycles. The van der Waals surface area contributed by atoms with Gasteiger partial charge in [-0.2, -0.15) is 0 Å². The maximum Gasteiger partial charge on any atom is 0.253 e. The van der Waals surface area contributed by atoms with Crippen LogP contribution >= 0.6 is 22.9 Å². The predicted octanol–water partition coefficient (Wildman–Crippen LogP) is 4.86. The second kappa shape index (κ2) is 8.86. The predicted molar refractivity (Wildman–Crippen MR) is 115 cm³/mol. The van der Waals surface area contributed by atoms with Crippen LogP contribution in [0.25, 0.3) is 10.4 Å². The number of nitrogens with one attached hydrogen (secondary N) is 1. The van der Waals surface area contributed by atoms with Crippen molar-refractivity contribution < 1.29 is 4.79 Å². The summed E-state index contributed by atoms with van der Waals surface area (Å²) in [5.74, 6) is -0.0775. The van der Waals surface area contributed by atoms with Crippen molar-refractivity contribution >= 4 is 28.8 Å². The Morgan fingerprint density at radius 1 is 1.18 bits per heavy atom. The Balaban J connectivity index is 1.29. The van der Waals surface area contributed by atoms with Crippen molar-refractivity contribution in [1.82, 2.24) is 15.2 Å². The second-order valence-corrected chi connectivity index (χ2v) is 8.41. The molecule has 6 heteroatoms. The molecule has 28 heavy (non-hydrogen) atoms. The Morgan fingerprint density at radius 3 is 2.75 bits per heavy atom. The highest BCUT2D eigenvalue weighted by atomic mass is 35.5. The molecule has 2 aromatic heterocycles. The minimum absolute atomic E-state index is 0.0775. The molecular weight excluding hydrogens is 390 g/mol. The number of rotatable bonds is 5. The normalized spacial score (nSPS) is 15.5. The molecule has 1 aliphatic heterocycles. The van der Waals surface area contributed by atoms with Crippen molar-refractivity contribution in [3.05, 3.63) is 76.4 Å². The monoisotopic (exact) mass is 411 g/mol. The van der Waals surface area contributed by atoms with Gasteiger partial charge in [-0.1, -0.05) is 35.9 Å². The molecule has 1 N–H and O–H groups in total. The number of hydrogen-bond donors (Lipinski definition) is 1. The molecule has 0 spiro atoms. The van der Waals surface area contributed by atoms with Gasteiger partial charge in [0.1, 0.15) is 5.15 Å². The highest BCUT2D eigenvalue weighted by Gasteiger charge is 2.21. The lowest BCUT2D eigenvalue weighted by Gasteiger charge is -2.32. The molecule has 1 fully saturated rings. The van der Waals surface area contributed by atoms with Crippen LogP contribution in [0.1, 0.15) is 28.8 Å². The van der Waals surface area contributed by atoms with Gasteiger partial charge in [0, 0.05) is 36.8 Å². The van der Waals surface area contributed by atoms with E-state index in [0.29, 0.717) is 10.7 Å². The number of carbonyl (C=O) groups excluding carboxylic acids is 1. The highest BCUT2D eigenvalue weighted by molar-refractivity contribution is 7.13. The topological polar surface area (TPSA) is 45.2 Å². The number of benzene rings is 1. The molecule has 1 aromatic carbocycles. The van der Waals surface area contributed by atoms with Gasteiger partial charge in [0.2, 0.25) is 0 Å². The molecule has 1 saturated heterocycles. The first-order chi connectivity index (χ1) is 13.7. The van der Waals surface area contributed by atoms with Crippen LogP contribution in [-0.4, -0.2) is 34.9 Å². The van der Waals surface area contributed by atoms with Crippen molar-refractivity contribution in [2.45, 2.75) is 25.4 Å². The van der Waals surface area contributed by atoms with Crippen LogP contribution in [0.3, 0.4) is 0 Å². The summed E-state index contributed by atoms with van der Waals surface area (Å²) >= 11 is 7.55. The fraction of sp³-hybridized carbons (Fsp3) is 0.273. The van der Waals surface area contributed by atoms with Gasteiger partial charge in [-0.05, 0) is 53.6 Å². The van der Waals surface area contributed by atoms with E-state index in [4.69, 9.17) is 11.6 Å². The Labute approximate surface area is 174 Å². The summed E-state index contributed by atoms with van der Waals surface area (Å²) in [4.78, 5) is 20.1. The number of pyridine rings is 1. The SMILES string of the molecule is O=C(NC1CCN(Cc2cccc(-c3cccs3)c2)CC1)c1ccc(Cl)nc1. The summed E-state index contributed by atoms with van der Waals surface area (Å²) in [6.45, 7) is 2.90. The summed E-state index contributed by atoms with van der Waals surface area (Å²) < 4.78 is 0. The molecule has 4 nitrogen and oxygen atoms in total. The third-order valence-corrected chi connectivity index (χ3v) is 6.19. The molecule has 4 rings (SSSR count). The molecule has 3 heterocycles. The number of thiophene rings is 1. The lowest BCUT2D eigenvalue weighted by Crippen LogP contribution is -2.44. The van der Waals surface area contributed by atoms with Crippen LogP contribution in [0.15, 0.2) is 60.1 Å². The molecule has 0 bridgehead atoms. The molecule has 1 amide bonds. The van der Waals surface area contributed by atoms with Crippen molar-refractivity contribution in [2.24, 2.45) is 0 Å². The van der Waals surface area contributed by atoms with E-state index in [9.17, 15) is 4.79 Å². The Kier molecular flexibility index (Phi) is 6.05. The van der Waals surface area contributed by atoms with E-state index in [0.717, 1.165) is 32.5 Å². The number of aromatic nitrogens is 1. The Morgan fingerprint density at radius 2 is 2.04 bits per heavy atom. The molecular formula is C22H22ClN3OS. The van der Waals surface area contributed by atoms with Crippen molar-refractivity contribution in [2.75, 3.05) is 13.1 Å². The summed E-state index contributed by atoms with van der Waals surface area (Å²) in [6.07, 6.45) is 3.43. The zero-order valence-corrected chi connectivity index (χ0v) is 17.0. The molecule has 0 radical (unpaired) electrons. The first kappa shape index (κ1) is 19.1. The van der Waals surface area contributed by atoms with Gasteiger partial charge in [0.05, 0.1) is 5.56 Å². The Hall–Kier alpha value is -2.21. The van der Waals surface area contributed by atoms with Crippen LogP contribution in [0.5, 0.6) is 0 Å². The summed E-state index contributed by atoms with van der Waals surface area (Å²) in [5, 5.41) is 5.63. The summed E-state index contributed by atoms with van der Waals surface area (Å²) in [6, 6.07) is 16.6. The van der Waals surface area contributed by atoms with E-state index < -0.39 is 0 Å². The Bertz CT molecular complexity index is 919. The standard InChI is InChI=1S/C22H22ClN3OS/c23-21-7-6-18(14-24-21)22(27)25-19-8-10-26(11-9-19)15-16-3-1-4-17(13-16)20-5-2-12-28-20/h1-7,12-14,19H,8-11,15H2,(H,25,27). The fourth-order valence-electron chi connectivity index (χ4n) is 3.54. The minimum atomic E-state index is -0.0775. The van der Waals surface area contributed by atoms with Crippen molar-refractivity contribution in [3.63, 3.8) is 0 Å². The number of amides is 1. The van der Waals surface area contributed by atoms with Gasteiger partial charge in [-0.25, -0.2) is 4.98 Å². The van der Waals surface area contributed by atoms with Gasteiger partial charge in [0.15, 0.2) is 0 Å². The lowest BCUT2D eigenvalue weighted by molar-refractivity contribution is 0.0908. The average Bonchev–Trinajstić information content (AvgIpc) is 3.25. The molecule has 3 aromatic rings. The highest BCUT2D eigenvalue weighted by Crippen LogP contribution is 2.26. The maximum absolute atomic E-state index is 12.3. The van der Waals surface area contributed by atoms with Gasteiger partial charge in [-0.15, -0.1) is 11.3 Å². The number of hydrogen-bond acceptors (Lipinski definition) is 4. The van der Waals surface area contributed by atoms with E-state index in [2.05, 4.69) is 57.0 Å². The third kappa shape index (κ3) is 4.79. The molecule has 144 valence electrons. The largest absolute Gasteiger partial charge is 0.349 e. The average molecular weight is 412 g/mol. The number of halogens is 1. The first-order valence-electron chi connectivity index (χ1n) is 9.45. The molecule has 0 atom stereocenters. The zero-order chi connectivity index (χ0) is 19.3. The third-order valence-electron chi connectivity index (χ3n) is 5.05. The lowest BCUT2D eigenvalue weighted by atomic mass is 10.0. The van der Waals surface area contributed by atoms with Gasteiger partial charge >= 0.3 is 0 Å². The van der Waals surface area contributed by atoms with Gasteiger partial charge in [-0.3, -0.25) is 9.69 Å². The molecule has 0 unspecified atom stereocenters. The quantitative estimate of drug-likeness (QED) is 0.610. The number of likely N-dealkylation sites (tertiary alicyclic amines) is 1. The van der Waals surface area contributed by atoms with E-state index in [1.165, 1.54) is 22.2 Å². The van der Waals surface area contributed by atoms with Crippen LogP contribution in [0.2, 0.25) is 5.15 Å². The molecule has 1 aliphatic rings. The fourth-order valence-corrected chi connectivity index (χ4v) is 4.37. The maximum atomic E-state index is 12.3. The second-order valence-electron chi connectivity index (χ2n) is 7.07. The number of piperidine rings is 1. The van der Waals surface area contributed by atoms with Crippen LogP contribution in [0.4, 0.5) is 0 Å². The first-order valence-corrected chi connectivity index (χ1v) is 10.7. The van der Waals surface area contributed by atoms with Gasteiger partial charge in [0.25, 0.3) is 5.91 Å². The zero-order valence-electron chi connectivity index (χ0n) is 15.5. The number of carbonyl (C=O) groups is 1. The summed E-state index contributed by atoms with van der Waals surface area (Å²) in [7, 11) is 0. The molecule has 0 saturated carbocycles. The van der Waals surface area contributed by atoms with Crippen LogP contribution in [0, 0.1) is 0 Å². The van der Waals surface area contributed by atoms with Gasteiger partial charge < -0.3 is 5.32 Å². The smallest absolute Gasteiger partial charge is 0.253 e.